The van der Waals surface area contributed by atoms with E-state index in [-0.39, 0.29) is 5.54 Å². The lowest BCUT2D eigenvalue weighted by Crippen LogP contribution is -2.48. The van der Waals surface area contributed by atoms with Gasteiger partial charge in [0.15, 0.2) is 0 Å². The smallest absolute Gasteiger partial charge is 0.142 e. The van der Waals surface area contributed by atoms with Crippen LogP contribution in [0.25, 0.3) is 11.0 Å². The monoisotopic (exact) mass is 387 g/mol. The van der Waals surface area contributed by atoms with Gasteiger partial charge in [-0.05, 0) is 45.4 Å². The van der Waals surface area contributed by atoms with Gasteiger partial charge in [-0.2, -0.15) is 0 Å². The van der Waals surface area contributed by atoms with Crippen LogP contribution in [0.1, 0.15) is 64.2 Å². The third-order valence-corrected chi connectivity index (χ3v) is 6.46. The lowest BCUT2D eigenvalue weighted by atomic mass is 9.74. The van der Waals surface area contributed by atoms with E-state index in [0.29, 0.717) is 6.04 Å². The number of rotatable bonds is 4. The van der Waals surface area contributed by atoms with Crippen LogP contribution in [0.2, 0.25) is 5.02 Å². The van der Waals surface area contributed by atoms with Crippen molar-refractivity contribution in [1.29, 1.82) is 0 Å². The predicted octanol–water partition coefficient (Wildman–Crippen LogP) is 5.96. The summed E-state index contributed by atoms with van der Waals surface area (Å²) in [6.07, 6.45) is 5.86. The largest absolute Gasteiger partial charge is 0.459 e. The Bertz CT molecular complexity index is 864. The Morgan fingerprint density at radius 1 is 1.26 bits per heavy atom. The van der Waals surface area contributed by atoms with Crippen LogP contribution in [-0.2, 0) is 12.1 Å². The minimum absolute atomic E-state index is 0.128. The first-order valence-electron chi connectivity index (χ1n) is 10.2. The van der Waals surface area contributed by atoms with Crippen LogP contribution >= 0.6 is 11.6 Å². The average Bonchev–Trinajstić information content (AvgIpc) is 3.02. The Hall–Kier alpha value is -1.65. The number of fused-ring (bicyclic) bond motifs is 4. The Balaban J connectivity index is 1.85. The molecule has 1 aliphatic heterocycles. The zero-order chi connectivity index (χ0) is 19.2. The minimum Gasteiger partial charge on any atom is -0.459 e. The molecule has 1 fully saturated rings. The van der Waals surface area contributed by atoms with Crippen LogP contribution in [0.3, 0.4) is 0 Å². The van der Waals surface area contributed by atoms with Crippen molar-refractivity contribution in [3.8, 4) is 0 Å². The summed E-state index contributed by atoms with van der Waals surface area (Å²) in [6, 6.07) is 4.67. The van der Waals surface area contributed by atoms with E-state index >= 15 is 0 Å². The second-order valence-corrected chi connectivity index (χ2v) is 8.67. The van der Waals surface area contributed by atoms with E-state index in [1.807, 2.05) is 6.07 Å². The molecule has 2 heterocycles. The molecule has 2 aromatic rings. The van der Waals surface area contributed by atoms with E-state index in [0.717, 1.165) is 59.2 Å². The third kappa shape index (κ3) is 3.23. The highest BCUT2D eigenvalue weighted by molar-refractivity contribution is 6.34. The van der Waals surface area contributed by atoms with Gasteiger partial charge in [0, 0.05) is 17.0 Å². The molecule has 0 radical (unpaired) electrons. The van der Waals surface area contributed by atoms with Gasteiger partial charge in [0.1, 0.15) is 11.3 Å². The van der Waals surface area contributed by atoms with Crippen molar-refractivity contribution in [3.05, 3.63) is 40.9 Å². The van der Waals surface area contributed by atoms with Gasteiger partial charge in [-0.15, -0.1) is 0 Å². The lowest BCUT2D eigenvalue weighted by molar-refractivity contribution is 0.208. The molecule has 0 unspecified atom stereocenters. The van der Waals surface area contributed by atoms with Crippen molar-refractivity contribution in [2.75, 3.05) is 11.9 Å². The molecule has 0 saturated heterocycles. The quantitative estimate of drug-likeness (QED) is 0.678. The van der Waals surface area contributed by atoms with Crippen LogP contribution in [0, 0.1) is 0 Å². The van der Waals surface area contributed by atoms with Gasteiger partial charge in [-0.25, -0.2) is 0 Å². The molecule has 1 spiro atoms. The van der Waals surface area contributed by atoms with E-state index in [1.54, 1.807) is 0 Å². The Morgan fingerprint density at radius 2 is 2.00 bits per heavy atom. The molecular weight excluding hydrogens is 358 g/mol. The molecule has 4 rings (SSSR count). The van der Waals surface area contributed by atoms with Crippen molar-refractivity contribution in [2.45, 2.75) is 71.0 Å². The summed E-state index contributed by atoms with van der Waals surface area (Å²) in [5, 5.41) is 8.85. The van der Waals surface area contributed by atoms with Gasteiger partial charge in [0.05, 0.1) is 28.6 Å². The summed E-state index contributed by atoms with van der Waals surface area (Å²) in [5.41, 5.74) is 3.00. The third-order valence-electron chi connectivity index (χ3n) is 6.16. The fourth-order valence-corrected chi connectivity index (χ4v) is 5.04. The fourth-order valence-electron chi connectivity index (χ4n) is 4.78. The first-order valence-corrected chi connectivity index (χ1v) is 10.5. The van der Waals surface area contributed by atoms with E-state index in [2.05, 4.69) is 49.0 Å². The van der Waals surface area contributed by atoms with E-state index in [1.165, 1.54) is 24.8 Å². The van der Waals surface area contributed by atoms with Crippen molar-refractivity contribution < 1.29 is 4.42 Å². The zero-order valence-electron chi connectivity index (χ0n) is 16.6. The van der Waals surface area contributed by atoms with Crippen LogP contribution < -0.4 is 10.6 Å². The second-order valence-electron chi connectivity index (χ2n) is 8.27. The first kappa shape index (κ1) is 18.7. The summed E-state index contributed by atoms with van der Waals surface area (Å²) in [5.74, 6) is 1.83. The number of hydrogen-bond donors (Lipinski definition) is 2. The molecule has 0 bridgehead atoms. The van der Waals surface area contributed by atoms with Gasteiger partial charge in [0.25, 0.3) is 0 Å². The van der Waals surface area contributed by atoms with Crippen LogP contribution in [0.15, 0.2) is 28.9 Å². The summed E-state index contributed by atoms with van der Waals surface area (Å²) in [7, 11) is 0. The SMILES string of the molecule is C=C1Nc2c(Cl)cc3cc(CN(CC)C(C)C)oc3c2C2(CCCCC2)N1. The molecule has 1 saturated carbocycles. The molecule has 0 atom stereocenters. The van der Waals surface area contributed by atoms with Crippen LogP contribution in [0.4, 0.5) is 5.69 Å². The van der Waals surface area contributed by atoms with Crippen molar-refractivity contribution in [3.63, 3.8) is 0 Å². The molecule has 2 aliphatic rings. The maximum atomic E-state index is 6.70. The van der Waals surface area contributed by atoms with E-state index in [9.17, 15) is 0 Å². The number of anilines is 1. The molecule has 0 amide bonds. The number of halogens is 1. The molecule has 1 aliphatic carbocycles. The fraction of sp³-hybridized carbons (Fsp3) is 0.545. The average molecular weight is 388 g/mol. The molecule has 2 N–H and O–H groups in total. The van der Waals surface area contributed by atoms with Crippen molar-refractivity contribution in [1.82, 2.24) is 10.2 Å². The number of hydrogen-bond acceptors (Lipinski definition) is 4. The Labute approximate surface area is 166 Å². The number of nitrogens with one attached hydrogen (secondary N) is 2. The first-order chi connectivity index (χ1) is 12.9. The molecule has 146 valence electrons. The molecule has 1 aromatic carbocycles. The summed E-state index contributed by atoms with van der Waals surface area (Å²) >= 11 is 6.70. The molecule has 4 nitrogen and oxygen atoms in total. The number of furan rings is 1. The minimum atomic E-state index is -0.128. The van der Waals surface area contributed by atoms with Crippen molar-refractivity contribution >= 4 is 28.3 Å². The zero-order valence-corrected chi connectivity index (χ0v) is 17.4. The number of nitrogens with zero attached hydrogens (tertiary/aromatic N) is 1. The molecule has 5 heteroatoms. The maximum absolute atomic E-state index is 6.70. The van der Waals surface area contributed by atoms with Crippen molar-refractivity contribution in [2.24, 2.45) is 0 Å². The lowest BCUT2D eigenvalue weighted by Gasteiger charge is -2.44. The second kappa shape index (κ2) is 7.06. The summed E-state index contributed by atoms with van der Waals surface area (Å²) < 4.78 is 6.46. The Morgan fingerprint density at radius 3 is 2.67 bits per heavy atom. The van der Waals surface area contributed by atoms with Gasteiger partial charge < -0.3 is 15.1 Å². The highest BCUT2D eigenvalue weighted by atomic mass is 35.5. The molecule has 1 aromatic heterocycles. The van der Waals surface area contributed by atoms with E-state index in [4.69, 9.17) is 16.0 Å². The van der Waals surface area contributed by atoms with Gasteiger partial charge >= 0.3 is 0 Å². The predicted molar refractivity (Wildman–Crippen MR) is 113 cm³/mol. The maximum Gasteiger partial charge on any atom is 0.142 e. The normalized spacial score (nSPS) is 18.8. The van der Waals surface area contributed by atoms with Gasteiger partial charge in [-0.1, -0.05) is 44.4 Å². The van der Waals surface area contributed by atoms with Crippen LogP contribution in [-0.4, -0.2) is 17.5 Å². The summed E-state index contributed by atoms with van der Waals surface area (Å²) in [4.78, 5) is 2.40. The topological polar surface area (TPSA) is 40.4 Å². The van der Waals surface area contributed by atoms with Gasteiger partial charge in [0.2, 0.25) is 0 Å². The molecular formula is C22H30ClN3O. The standard InChI is InChI=1S/C22H30ClN3O/c1-5-26(14(2)3)13-17-11-16-12-18(23)20-19(21(16)27-17)22(25-15(4)24-20)9-7-6-8-10-22/h11-12,14,24-25H,4-10,13H2,1-3H3. The number of benzene rings is 1. The summed E-state index contributed by atoms with van der Waals surface area (Å²) in [6.45, 7) is 12.6. The van der Waals surface area contributed by atoms with E-state index < -0.39 is 0 Å². The molecule has 27 heavy (non-hydrogen) atoms. The van der Waals surface area contributed by atoms with Crippen LogP contribution in [0.5, 0.6) is 0 Å². The highest BCUT2D eigenvalue weighted by Gasteiger charge is 2.42. The Kier molecular flexibility index (Phi) is 4.89. The van der Waals surface area contributed by atoms with Gasteiger partial charge in [-0.3, -0.25) is 4.90 Å². The highest BCUT2D eigenvalue weighted by Crippen LogP contribution is 2.49.